The van der Waals surface area contributed by atoms with Gasteiger partial charge in [0.15, 0.2) is 0 Å². The van der Waals surface area contributed by atoms with Crippen molar-refractivity contribution in [3.63, 3.8) is 0 Å². The van der Waals surface area contributed by atoms with Gasteiger partial charge in [0.2, 0.25) is 5.91 Å². The minimum atomic E-state index is -0.772. The summed E-state index contributed by atoms with van der Waals surface area (Å²) in [4.78, 5) is 40.8. The van der Waals surface area contributed by atoms with Crippen molar-refractivity contribution in [1.29, 1.82) is 0 Å². The highest BCUT2D eigenvalue weighted by Gasteiger charge is 2.41. The van der Waals surface area contributed by atoms with E-state index in [1.807, 2.05) is 0 Å². The number of carbonyl (C=O) groups excluding carboxylic acids is 3. The molecule has 5 nitrogen and oxygen atoms in total. The largest absolute Gasteiger partial charge is 0.341 e. The van der Waals surface area contributed by atoms with E-state index in [0.717, 1.165) is 30.6 Å². The number of benzene rings is 1. The van der Waals surface area contributed by atoms with E-state index >= 15 is 0 Å². The quantitative estimate of drug-likeness (QED) is 0.688. The third-order valence-corrected chi connectivity index (χ3v) is 4.45. The fraction of sp³-hybridized carbons (Fsp3) is 0.526. The summed E-state index contributed by atoms with van der Waals surface area (Å²) in [6.45, 7) is 7.15. The van der Waals surface area contributed by atoms with Crippen LogP contribution in [-0.2, 0) is 4.79 Å². The maximum atomic E-state index is 12.9. The summed E-state index contributed by atoms with van der Waals surface area (Å²) in [6.07, 6.45) is 3.84. The molecule has 1 aliphatic heterocycles. The van der Waals surface area contributed by atoms with Crippen molar-refractivity contribution in [1.82, 2.24) is 9.80 Å². The van der Waals surface area contributed by atoms with Gasteiger partial charge in [-0.05, 0) is 31.9 Å². The summed E-state index contributed by atoms with van der Waals surface area (Å²) in [5, 5.41) is 0. The van der Waals surface area contributed by atoms with E-state index in [9.17, 15) is 14.4 Å². The van der Waals surface area contributed by atoms with E-state index < -0.39 is 6.04 Å². The van der Waals surface area contributed by atoms with Crippen LogP contribution in [0, 0.1) is 0 Å². The second kappa shape index (κ2) is 8.08. The molecule has 1 aliphatic rings. The molecule has 0 radical (unpaired) electrons. The predicted molar refractivity (Wildman–Crippen MR) is 92.8 cm³/mol. The molecule has 0 N–H and O–H groups in total. The second-order valence-electron chi connectivity index (χ2n) is 6.23. The van der Waals surface area contributed by atoms with Crippen molar-refractivity contribution in [2.45, 2.75) is 52.5 Å². The van der Waals surface area contributed by atoms with Crippen LogP contribution in [0.5, 0.6) is 0 Å². The van der Waals surface area contributed by atoms with Gasteiger partial charge in [-0.3, -0.25) is 19.3 Å². The summed E-state index contributed by atoms with van der Waals surface area (Å²) >= 11 is 0. The molecule has 0 spiro atoms. The first-order chi connectivity index (χ1) is 11.5. The van der Waals surface area contributed by atoms with Crippen molar-refractivity contribution in [2.24, 2.45) is 0 Å². The number of rotatable bonds is 8. The normalized spacial score (nSPS) is 14.7. The van der Waals surface area contributed by atoms with Gasteiger partial charge in [0.05, 0.1) is 11.1 Å². The molecule has 0 aliphatic carbocycles. The number of imide groups is 1. The molecule has 1 unspecified atom stereocenters. The standard InChI is InChI=1S/C19H26N2O3/c1-4-6-12-20(13-7-5-2)17(22)14(3)21-18(23)15-10-8-9-11-16(15)19(21)24/h8-11,14H,4-7,12-13H2,1-3H3. The van der Waals surface area contributed by atoms with Gasteiger partial charge in [0.1, 0.15) is 6.04 Å². The lowest BCUT2D eigenvalue weighted by Gasteiger charge is -2.29. The van der Waals surface area contributed by atoms with E-state index in [1.165, 1.54) is 0 Å². The maximum absolute atomic E-state index is 12.9. The minimum absolute atomic E-state index is 0.147. The van der Waals surface area contributed by atoms with Crippen LogP contribution in [0.2, 0.25) is 0 Å². The molecule has 3 amide bonds. The number of fused-ring (bicyclic) bond motifs is 1. The fourth-order valence-corrected chi connectivity index (χ4v) is 2.96. The van der Waals surface area contributed by atoms with E-state index in [4.69, 9.17) is 0 Å². The lowest BCUT2D eigenvalue weighted by Crippen LogP contribution is -2.49. The Morgan fingerprint density at radius 1 is 1.00 bits per heavy atom. The number of carbonyl (C=O) groups is 3. The van der Waals surface area contributed by atoms with Crippen LogP contribution < -0.4 is 0 Å². The summed E-state index contributed by atoms with van der Waals surface area (Å²) in [5.74, 6) is -0.892. The van der Waals surface area contributed by atoms with E-state index in [2.05, 4.69) is 13.8 Å². The summed E-state index contributed by atoms with van der Waals surface area (Å²) in [7, 11) is 0. The topological polar surface area (TPSA) is 57.7 Å². The van der Waals surface area contributed by atoms with E-state index in [-0.39, 0.29) is 17.7 Å². The zero-order chi connectivity index (χ0) is 17.7. The van der Waals surface area contributed by atoms with Gasteiger partial charge in [-0.1, -0.05) is 38.8 Å². The van der Waals surface area contributed by atoms with Crippen LogP contribution in [0.15, 0.2) is 24.3 Å². The Labute approximate surface area is 143 Å². The molecule has 5 heteroatoms. The van der Waals surface area contributed by atoms with Crippen LogP contribution in [0.3, 0.4) is 0 Å². The maximum Gasteiger partial charge on any atom is 0.262 e. The smallest absolute Gasteiger partial charge is 0.262 e. The predicted octanol–water partition coefficient (Wildman–Crippen LogP) is 3.10. The Kier molecular flexibility index (Phi) is 6.12. The molecule has 0 saturated heterocycles. The molecule has 0 fully saturated rings. The van der Waals surface area contributed by atoms with E-state index in [1.54, 1.807) is 36.1 Å². The molecule has 0 bridgehead atoms. The van der Waals surface area contributed by atoms with Crippen molar-refractivity contribution < 1.29 is 14.4 Å². The van der Waals surface area contributed by atoms with Gasteiger partial charge in [0.25, 0.3) is 11.8 Å². The average molecular weight is 330 g/mol. The van der Waals surface area contributed by atoms with Gasteiger partial charge in [-0.15, -0.1) is 0 Å². The first kappa shape index (κ1) is 18.2. The highest BCUT2D eigenvalue weighted by molar-refractivity contribution is 6.22. The SMILES string of the molecule is CCCCN(CCCC)C(=O)C(C)N1C(=O)c2ccccc2C1=O. The first-order valence-electron chi connectivity index (χ1n) is 8.78. The van der Waals surface area contributed by atoms with Crippen molar-refractivity contribution in [3.8, 4) is 0 Å². The van der Waals surface area contributed by atoms with Gasteiger partial charge in [-0.25, -0.2) is 0 Å². The fourth-order valence-electron chi connectivity index (χ4n) is 2.96. The molecule has 1 aromatic carbocycles. The Morgan fingerprint density at radius 3 is 1.88 bits per heavy atom. The Morgan fingerprint density at radius 2 is 1.46 bits per heavy atom. The van der Waals surface area contributed by atoms with Gasteiger partial charge in [0, 0.05) is 13.1 Å². The molecular weight excluding hydrogens is 304 g/mol. The first-order valence-corrected chi connectivity index (χ1v) is 8.78. The highest BCUT2D eigenvalue weighted by Crippen LogP contribution is 2.25. The average Bonchev–Trinajstić information content (AvgIpc) is 2.85. The summed E-state index contributed by atoms with van der Waals surface area (Å²) < 4.78 is 0. The molecule has 2 rings (SSSR count). The van der Waals surface area contributed by atoms with Crippen molar-refractivity contribution in [3.05, 3.63) is 35.4 Å². The number of amides is 3. The summed E-state index contributed by atoms with van der Waals surface area (Å²) in [6, 6.07) is 5.96. The molecule has 1 atom stereocenters. The zero-order valence-corrected chi connectivity index (χ0v) is 14.7. The Bertz CT molecular complexity index is 584. The van der Waals surface area contributed by atoms with Crippen LogP contribution in [0.1, 0.15) is 67.2 Å². The van der Waals surface area contributed by atoms with E-state index in [0.29, 0.717) is 24.2 Å². The van der Waals surface area contributed by atoms with Crippen LogP contribution in [0.4, 0.5) is 0 Å². The van der Waals surface area contributed by atoms with Crippen LogP contribution in [0.25, 0.3) is 0 Å². The van der Waals surface area contributed by atoms with Gasteiger partial charge in [-0.2, -0.15) is 0 Å². The number of hydrogen-bond donors (Lipinski definition) is 0. The second-order valence-corrected chi connectivity index (χ2v) is 6.23. The lowest BCUT2D eigenvalue weighted by molar-refractivity contribution is -0.135. The van der Waals surface area contributed by atoms with Crippen molar-refractivity contribution in [2.75, 3.05) is 13.1 Å². The Hall–Kier alpha value is -2.17. The third-order valence-electron chi connectivity index (χ3n) is 4.45. The molecular formula is C19H26N2O3. The molecule has 24 heavy (non-hydrogen) atoms. The highest BCUT2D eigenvalue weighted by atomic mass is 16.2. The number of hydrogen-bond acceptors (Lipinski definition) is 3. The summed E-state index contributed by atoms with van der Waals surface area (Å²) in [5.41, 5.74) is 0.770. The Balaban J connectivity index is 2.17. The molecule has 1 aromatic rings. The van der Waals surface area contributed by atoms with Gasteiger partial charge < -0.3 is 4.90 Å². The molecule has 0 aromatic heterocycles. The van der Waals surface area contributed by atoms with Crippen molar-refractivity contribution >= 4 is 17.7 Å². The number of unbranched alkanes of at least 4 members (excludes halogenated alkanes) is 2. The minimum Gasteiger partial charge on any atom is -0.341 e. The molecule has 0 saturated carbocycles. The van der Waals surface area contributed by atoms with Crippen LogP contribution >= 0.6 is 0 Å². The molecule has 130 valence electrons. The lowest BCUT2D eigenvalue weighted by atomic mass is 10.1. The number of nitrogens with zero attached hydrogens (tertiary/aromatic N) is 2. The molecule has 1 heterocycles. The van der Waals surface area contributed by atoms with Crippen LogP contribution in [-0.4, -0.2) is 46.7 Å². The van der Waals surface area contributed by atoms with Gasteiger partial charge >= 0.3 is 0 Å². The monoisotopic (exact) mass is 330 g/mol. The zero-order valence-electron chi connectivity index (χ0n) is 14.7. The third kappa shape index (κ3) is 3.50.